The number of nitrogen functional groups attached to an aromatic ring is 1. The normalized spacial score (nSPS) is 10.7. The molecule has 2 N–H and O–H groups in total. The molecule has 0 saturated heterocycles. The van der Waals surface area contributed by atoms with Gasteiger partial charge in [-0.05, 0) is 66.5 Å². The van der Waals surface area contributed by atoms with Gasteiger partial charge < -0.3 is 5.73 Å². The molecule has 0 amide bonds. The standard InChI is InChI=1S/C12H16ClN.C11H14F2/c1-8(2)6-9(3)11-7-10(13)4-5-12(11)14;1-8(2)3-4-9-5-6-10(12)7-11(9)13/h4-5,7-8H,3,6,14H2,1-2H3;5-8H,3-4H2,1-2H3. The second kappa shape index (κ2) is 11.1. The average molecular weight is 394 g/mol. The molecule has 148 valence electrons. The van der Waals surface area contributed by atoms with Gasteiger partial charge in [0, 0.05) is 22.3 Å². The molecule has 0 unspecified atom stereocenters. The van der Waals surface area contributed by atoms with Gasteiger partial charge in [-0.15, -0.1) is 0 Å². The van der Waals surface area contributed by atoms with Crippen molar-refractivity contribution in [2.75, 3.05) is 5.73 Å². The highest BCUT2D eigenvalue weighted by Crippen LogP contribution is 2.28. The maximum Gasteiger partial charge on any atom is 0.129 e. The van der Waals surface area contributed by atoms with E-state index in [4.69, 9.17) is 17.3 Å². The van der Waals surface area contributed by atoms with Gasteiger partial charge in [-0.2, -0.15) is 0 Å². The number of halogens is 3. The van der Waals surface area contributed by atoms with Crippen molar-refractivity contribution in [3.63, 3.8) is 0 Å². The van der Waals surface area contributed by atoms with Gasteiger partial charge in [0.05, 0.1) is 0 Å². The second-order valence-electron chi connectivity index (χ2n) is 7.60. The summed E-state index contributed by atoms with van der Waals surface area (Å²) in [6.45, 7) is 12.5. The first-order valence-electron chi connectivity index (χ1n) is 9.27. The van der Waals surface area contributed by atoms with E-state index in [1.54, 1.807) is 6.07 Å². The molecule has 0 aliphatic rings. The Morgan fingerprint density at radius 1 is 1.04 bits per heavy atom. The molecule has 4 heteroatoms. The highest BCUT2D eigenvalue weighted by atomic mass is 35.5. The highest BCUT2D eigenvalue weighted by molar-refractivity contribution is 6.30. The fourth-order valence-electron chi connectivity index (χ4n) is 2.61. The van der Waals surface area contributed by atoms with Gasteiger partial charge in [-0.3, -0.25) is 0 Å². The quantitative estimate of drug-likeness (QED) is 0.504. The number of anilines is 1. The number of hydrogen-bond acceptors (Lipinski definition) is 1. The molecule has 0 aliphatic heterocycles. The topological polar surface area (TPSA) is 26.0 Å². The van der Waals surface area contributed by atoms with E-state index in [0.29, 0.717) is 28.8 Å². The predicted octanol–water partition coefficient (Wildman–Crippen LogP) is 7.53. The van der Waals surface area contributed by atoms with Crippen LogP contribution in [0.25, 0.3) is 5.57 Å². The molecule has 0 bridgehead atoms. The second-order valence-corrected chi connectivity index (χ2v) is 8.04. The van der Waals surface area contributed by atoms with E-state index >= 15 is 0 Å². The molecule has 1 nitrogen and oxygen atoms in total. The Balaban J connectivity index is 0.000000271. The van der Waals surface area contributed by atoms with Crippen molar-refractivity contribution in [2.24, 2.45) is 11.8 Å². The third-order valence-corrected chi connectivity index (χ3v) is 4.29. The maximum absolute atomic E-state index is 13.1. The van der Waals surface area contributed by atoms with Crippen LogP contribution < -0.4 is 5.73 Å². The molecule has 0 saturated carbocycles. The van der Waals surface area contributed by atoms with Gasteiger partial charge in [0.2, 0.25) is 0 Å². The molecule has 0 spiro atoms. The molecular formula is C23H30ClF2N. The van der Waals surface area contributed by atoms with Crippen molar-refractivity contribution in [3.8, 4) is 0 Å². The van der Waals surface area contributed by atoms with E-state index in [2.05, 4.69) is 34.3 Å². The van der Waals surface area contributed by atoms with E-state index in [-0.39, 0.29) is 0 Å². The van der Waals surface area contributed by atoms with Crippen LogP contribution in [-0.2, 0) is 6.42 Å². The SMILES string of the molecule is C=C(CC(C)C)c1cc(Cl)ccc1N.CC(C)CCc1ccc(F)cc1F. The molecule has 0 atom stereocenters. The lowest BCUT2D eigenvalue weighted by Crippen LogP contribution is -1.96. The zero-order valence-electron chi connectivity index (χ0n) is 16.7. The van der Waals surface area contributed by atoms with Crippen LogP contribution in [0.5, 0.6) is 0 Å². The largest absolute Gasteiger partial charge is 0.398 e. The number of allylic oxidation sites excluding steroid dienone is 1. The van der Waals surface area contributed by atoms with Gasteiger partial charge in [-0.1, -0.05) is 51.9 Å². The number of rotatable bonds is 6. The van der Waals surface area contributed by atoms with Crippen molar-refractivity contribution < 1.29 is 8.78 Å². The minimum atomic E-state index is -0.509. The Morgan fingerprint density at radius 2 is 1.70 bits per heavy atom. The lowest BCUT2D eigenvalue weighted by molar-refractivity contribution is 0.545. The molecule has 0 aliphatic carbocycles. The van der Waals surface area contributed by atoms with Crippen molar-refractivity contribution >= 4 is 22.9 Å². The Hall–Kier alpha value is -1.87. The number of hydrogen-bond donors (Lipinski definition) is 1. The zero-order chi connectivity index (χ0) is 20.6. The molecule has 0 fully saturated rings. The van der Waals surface area contributed by atoms with Crippen LogP contribution in [0.3, 0.4) is 0 Å². The Bertz CT molecular complexity index is 754. The third kappa shape index (κ3) is 8.57. The predicted molar refractivity (Wildman–Crippen MR) is 114 cm³/mol. The molecule has 27 heavy (non-hydrogen) atoms. The van der Waals surface area contributed by atoms with Crippen LogP contribution in [-0.4, -0.2) is 0 Å². The molecule has 0 aromatic heterocycles. The molecule has 2 aromatic rings. The fraction of sp³-hybridized carbons (Fsp3) is 0.391. The zero-order valence-corrected chi connectivity index (χ0v) is 17.4. The maximum atomic E-state index is 13.1. The van der Waals surface area contributed by atoms with Crippen molar-refractivity contribution in [2.45, 2.75) is 47.0 Å². The molecule has 2 aromatic carbocycles. The first-order chi connectivity index (χ1) is 12.6. The van der Waals surface area contributed by atoms with Crippen LogP contribution in [0.1, 0.15) is 51.7 Å². The molecule has 0 heterocycles. The first kappa shape index (κ1) is 23.2. The average Bonchev–Trinajstić information content (AvgIpc) is 2.56. The van der Waals surface area contributed by atoms with E-state index in [1.807, 2.05) is 12.1 Å². The summed E-state index contributed by atoms with van der Waals surface area (Å²) in [5.41, 5.74) is 9.24. The first-order valence-corrected chi connectivity index (χ1v) is 9.65. The molecular weight excluding hydrogens is 364 g/mol. The van der Waals surface area contributed by atoms with Gasteiger partial charge >= 0.3 is 0 Å². The Labute approximate surface area is 167 Å². The van der Waals surface area contributed by atoms with E-state index < -0.39 is 11.6 Å². The number of aryl methyl sites for hydroxylation is 1. The van der Waals surface area contributed by atoms with Gasteiger partial charge in [0.15, 0.2) is 0 Å². The van der Waals surface area contributed by atoms with E-state index in [9.17, 15) is 8.78 Å². The summed E-state index contributed by atoms with van der Waals surface area (Å²) in [6.07, 6.45) is 2.57. The Kier molecular flexibility index (Phi) is 9.51. The summed E-state index contributed by atoms with van der Waals surface area (Å²) in [5.74, 6) is 0.191. The molecule has 2 rings (SSSR count). The van der Waals surface area contributed by atoms with Gasteiger partial charge in [-0.25, -0.2) is 8.78 Å². The van der Waals surface area contributed by atoms with Crippen molar-refractivity contribution in [1.82, 2.24) is 0 Å². The minimum Gasteiger partial charge on any atom is -0.398 e. The molecule has 0 radical (unpaired) electrons. The Morgan fingerprint density at radius 3 is 2.26 bits per heavy atom. The highest BCUT2D eigenvalue weighted by Gasteiger charge is 2.06. The van der Waals surface area contributed by atoms with Crippen LogP contribution in [0.15, 0.2) is 43.0 Å². The monoisotopic (exact) mass is 393 g/mol. The number of nitrogens with two attached hydrogens (primary N) is 1. The third-order valence-electron chi connectivity index (χ3n) is 4.06. The summed E-state index contributed by atoms with van der Waals surface area (Å²) >= 11 is 5.90. The minimum absolute atomic E-state index is 0.430. The lowest BCUT2D eigenvalue weighted by Gasteiger charge is -2.11. The van der Waals surface area contributed by atoms with Gasteiger partial charge in [0.25, 0.3) is 0 Å². The van der Waals surface area contributed by atoms with Gasteiger partial charge in [0.1, 0.15) is 11.6 Å². The van der Waals surface area contributed by atoms with Crippen molar-refractivity contribution in [3.05, 3.63) is 70.8 Å². The van der Waals surface area contributed by atoms with Crippen LogP contribution in [0, 0.1) is 23.5 Å². The van der Waals surface area contributed by atoms with Crippen LogP contribution in [0.4, 0.5) is 14.5 Å². The van der Waals surface area contributed by atoms with E-state index in [0.717, 1.165) is 35.7 Å². The van der Waals surface area contributed by atoms with Crippen molar-refractivity contribution in [1.29, 1.82) is 0 Å². The summed E-state index contributed by atoms with van der Waals surface area (Å²) in [6, 6.07) is 9.26. The summed E-state index contributed by atoms with van der Waals surface area (Å²) in [5, 5.41) is 0.708. The number of benzene rings is 2. The summed E-state index contributed by atoms with van der Waals surface area (Å²) in [7, 11) is 0. The van der Waals surface area contributed by atoms with E-state index in [1.165, 1.54) is 12.1 Å². The fourth-order valence-corrected chi connectivity index (χ4v) is 2.78. The smallest absolute Gasteiger partial charge is 0.129 e. The summed E-state index contributed by atoms with van der Waals surface area (Å²) < 4.78 is 25.6. The van der Waals surface area contributed by atoms with Crippen LogP contribution >= 0.6 is 11.6 Å². The lowest BCUT2D eigenvalue weighted by atomic mass is 9.97. The van der Waals surface area contributed by atoms with Crippen LogP contribution in [0.2, 0.25) is 5.02 Å². The summed E-state index contributed by atoms with van der Waals surface area (Å²) in [4.78, 5) is 0.